The number of ketones is 1. The first-order chi connectivity index (χ1) is 14.9. The van der Waals surface area contributed by atoms with Crippen LogP contribution in [0.3, 0.4) is 0 Å². The minimum Gasteiger partial charge on any atom is -0.459 e. The van der Waals surface area contributed by atoms with Crippen LogP contribution in [0.25, 0.3) is 0 Å². The molecule has 10 nitrogen and oxygen atoms in total. The number of esters is 1. The lowest BCUT2D eigenvalue weighted by molar-refractivity contribution is -0.153. The topological polar surface area (TPSA) is 137 Å². The molecule has 0 unspecified atom stereocenters. The number of aliphatic hydroxyl groups is 1. The van der Waals surface area contributed by atoms with Crippen molar-refractivity contribution in [1.82, 2.24) is 9.55 Å². The summed E-state index contributed by atoms with van der Waals surface area (Å²) in [5, 5.41) is 12.1. The van der Waals surface area contributed by atoms with Crippen molar-refractivity contribution in [3.05, 3.63) is 58.6 Å². The molecule has 3 atom stereocenters. The fourth-order valence-corrected chi connectivity index (χ4v) is 3.14. The van der Waals surface area contributed by atoms with Gasteiger partial charge in [-0.2, -0.15) is 4.98 Å². The van der Waals surface area contributed by atoms with Gasteiger partial charge in [0, 0.05) is 24.6 Å². The van der Waals surface area contributed by atoms with Crippen molar-refractivity contribution < 1.29 is 29.0 Å². The van der Waals surface area contributed by atoms with Crippen LogP contribution in [0.5, 0.6) is 0 Å². The highest BCUT2D eigenvalue weighted by atomic mass is 16.6. The SMILES string of the molecule is CC(=O)CCC(=O)O[C@H]1C[C@H](n2ccc(NC(=O)c3ccccc3)nc2=O)O[C@@H]1CO. The average molecular weight is 429 g/mol. The smallest absolute Gasteiger partial charge is 0.351 e. The molecular weight excluding hydrogens is 406 g/mol. The summed E-state index contributed by atoms with van der Waals surface area (Å²) >= 11 is 0. The van der Waals surface area contributed by atoms with E-state index in [9.17, 15) is 24.3 Å². The van der Waals surface area contributed by atoms with E-state index in [1.165, 1.54) is 23.8 Å². The number of hydrogen-bond acceptors (Lipinski definition) is 8. The van der Waals surface area contributed by atoms with Crippen molar-refractivity contribution in [2.45, 2.75) is 44.6 Å². The zero-order valence-corrected chi connectivity index (χ0v) is 16.9. The molecule has 0 spiro atoms. The zero-order chi connectivity index (χ0) is 22.4. The quantitative estimate of drug-likeness (QED) is 0.594. The first kappa shape index (κ1) is 22.3. The molecule has 1 aliphatic heterocycles. The molecule has 164 valence electrons. The van der Waals surface area contributed by atoms with Crippen molar-refractivity contribution in [3.8, 4) is 0 Å². The van der Waals surface area contributed by atoms with Crippen LogP contribution in [0.1, 0.15) is 42.8 Å². The van der Waals surface area contributed by atoms with E-state index in [0.717, 1.165) is 0 Å². The van der Waals surface area contributed by atoms with Gasteiger partial charge in [-0.15, -0.1) is 0 Å². The highest BCUT2D eigenvalue weighted by Gasteiger charge is 2.39. The molecule has 0 radical (unpaired) electrons. The molecule has 1 aromatic carbocycles. The number of carbonyl (C=O) groups is 3. The van der Waals surface area contributed by atoms with Crippen molar-refractivity contribution in [1.29, 1.82) is 0 Å². The summed E-state index contributed by atoms with van der Waals surface area (Å²) in [6.45, 7) is 0.971. The van der Waals surface area contributed by atoms with E-state index < -0.39 is 42.6 Å². The molecule has 1 aromatic heterocycles. The maximum atomic E-state index is 12.5. The fourth-order valence-electron chi connectivity index (χ4n) is 3.14. The molecule has 0 bridgehead atoms. The number of aliphatic hydroxyl groups excluding tert-OH is 1. The maximum Gasteiger partial charge on any atom is 0.351 e. The van der Waals surface area contributed by atoms with E-state index in [1.807, 2.05) is 0 Å². The average Bonchev–Trinajstić information content (AvgIpc) is 3.15. The van der Waals surface area contributed by atoms with E-state index in [4.69, 9.17) is 9.47 Å². The predicted molar refractivity (Wildman–Crippen MR) is 108 cm³/mol. The molecule has 0 saturated carbocycles. The lowest BCUT2D eigenvalue weighted by atomic mass is 10.2. The highest BCUT2D eigenvalue weighted by molar-refractivity contribution is 6.03. The summed E-state index contributed by atoms with van der Waals surface area (Å²) in [7, 11) is 0. The molecule has 0 aliphatic carbocycles. The van der Waals surface area contributed by atoms with Gasteiger partial charge in [0.15, 0.2) is 0 Å². The molecule has 1 amide bonds. The van der Waals surface area contributed by atoms with Crippen LogP contribution >= 0.6 is 0 Å². The van der Waals surface area contributed by atoms with Gasteiger partial charge in [-0.25, -0.2) is 4.79 Å². The van der Waals surface area contributed by atoms with E-state index in [0.29, 0.717) is 5.56 Å². The number of hydrogen-bond donors (Lipinski definition) is 2. The van der Waals surface area contributed by atoms with Crippen molar-refractivity contribution >= 4 is 23.5 Å². The lowest BCUT2D eigenvalue weighted by Crippen LogP contribution is -2.30. The second-order valence-corrected chi connectivity index (χ2v) is 7.10. The monoisotopic (exact) mass is 429 g/mol. The third-order valence-electron chi connectivity index (χ3n) is 4.74. The van der Waals surface area contributed by atoms with Gasteiger partial charge in [-0.1, -0.05) is 18.2 Å². The third-order valence-corrected chi connectivity index (χ3v) is 4.74. The second kappa shape index (κ2) is 10.1. The van der Waals surface area contributed by atoms with Gasteiger partial charge in [0.1, 0.15) is 30.0 Å². The summed E-state index contributed by atoms with van der Waals surface area (Å²) < 4.78 is 12.2. The summed E-state index contributed by atoms with van der Waals surface area (Å²) in [6.07, 6.45) is -0.829. The van der Waals surface area contributed by atoms with Gasteiger partial charge in [-0.05, 0) is 25.1 Å². The standard InChI is InChI=1S/C21H23N3O7/c1-13(26)7-8-19(27)31-15-11-18(30-16(15)12-25)24-10-9-17(23-21(24)29)22-20(28)14-5-3-2-4-6-14/h2-6,9-10,15-16,18,25H,7-8,11-12H2,1H3,(H,22,23,28,29)/t15-,16+,18+/m0/s1. The van der Waals surface area contributed by atoms with Crippen LogP contribution in [0.4, 0.5) is 5.82 Å². The summed E-state index contributed by atoms with van der Waals surface area (Å²) in [5.41, 5.74) is -0.246. The number of Topliss-reactive ketones (excluding diaryl/α,β-unsaturated/α-hetero) is 1. The van der Waals surface area contributed by atoms with Crippen LogP contribution < -0.4 is 11.0 Å². The van der Waals surface area contributed by atoms with E-state index >= 15 is 0 Å². The van der Waals surface area contributed by atoms with Crippen LogP contribution in [-0.4, -0.2) is 51.1 Å². The molecule has 2 heterocycles. The molecule has 2 N–H and O–H groups in total. The van der Waals surface area contributed by atoms with Gasteiger partial charge in [-0.3, -0.25) is 14.2 Å². The second-order valence-electron chi connectivity index (χ2n) is 7.10. The minimum atomic E-state index is -0.810. The number of rotatable bonds is 8. The summed E-state index contributed by atoms with van der Waals surface area (Å²) in [5.74, 6) is -1.03. The Balaban J connectivity index is 1.65. The molecule has 31 heavy (non-hydrogen) atoms. The normalized spacial score (nSPS) is 20.3. The van der Waals surface area contributed by atoms with Crippen molar-refractivity contribution in [3.63, 3.8) is 0 Å². The number of nitrogens with one attached hydrogen (secondary N) is 1. The molecular formula is C21H23N3O7. The molecule has 10 heteroatoms. The Kier molecular flexibility index (Phi) is 7.27. The number of anilines is 1. The maximum absolute atomic E-state index is 12.5. The number of ether oxygens (including phenoxy) is 2. The van der Waals surface area contributed by atoms with Gasteiger partial charge in [0.25, 0.3) is 5.91 Å². The lowest BCUT2D eigenvalue weighted by Gasteiger charge is -2.16. The van der Waals surface area contributed by atoms with Crippen LogP contribution in [0.2, 0.25) is 0 Å². The van der Waals surface area contributed by atoms with Gasteiger partial charge >= 0.3 is 11.7 Å². The Hall–Kier alpha value is -3.37. The number of carbonyl (C=O) groups excluding carboxylic acids is 3. The Morgan fingerprint density at radius 1 is 1.23 bits per heavy atom. The van der Waals surface area contributed by atoms with E-state index in [1.54, 1.807) is 30.3 Å². The summed E-state index contributed by atoms with van der Waals surface area (Å²) in [4.78, 5) is 51.4. The van der Waals surface area contributed by atoms with Crippen LogP contribution in [0, 0.1) is 0 Å². The molecule has 3 rings (SSSR count). The zero-order valence-electron chi connectivity index (χ0n) is 16.9. The molecule has 1 saturated heterocycles. The van der Waals surface area contributed by atoms with E-state index in [-0.39, 0.29) is 30.9 Å². The summed E-state index contributed by atoms with van der Waals surface area (Å²) in [6, 6.07) is 9.94. The first-order valence-electron chi connectivity index (χ1n) is 9.78. The Morgan fingerprint density at radius 2 is 1.97 bits per heavy atom. The largest absolute Gasteiger partial charge is 0.459 e. The van der Waals surface area contributed by atoms with Crippen molar-refractivity contribution in [2.24, 2.45) is 0 Å². The number of nitrogens with zero attached hydrogens (tertiary/aromatic N) is 2. The first-order valence-corrected chi connectivity index (χ1v) is 9.78. The molecule has 1 aliphatic rings. The molecule has 2 aromatic rings. The van der Waals surface area contributed by atoms with Gasteiger partial charge < -0.3 is 24.7 Å². The fraction of sp³-hybridized carbons (Fsp3) is 0.381. The third kappa shape index (κ3) is 5.83. The van der Waals surface area contributed by atoms with Crippen LogP contribution in [-0.2, 0) is 19.1 Å². The Morgan fingerprint density at radius 3 is 2.61 bits per heavy atom. The molecule has 1 fully saturated rings. The number of aromatic nitrogens is 2. The number of benzene rings is 1. The Labute approximate surface area is 177 Å². The van der Waals surface area contributed by atoms with E-state index in [2.05, 4.69) is 10.3 Å². The van der Waals surface area contributed by atoms with Crippen LogP contribution in [0.15, 0.2) is 47.4 Å². The number of amides is 1. The minimum absolute atomic E-state index is 0.0635. The Bertz CT molecular complexity index is 1010. The van der Waals surface area contributed by atoms with Gasteiger partial charge in [0.2, 0.25) is 0 Å². The predicted octanol–water partition coefficient (Wildman–Crippen LogP) is 1.06. The highest BCUT2D eigenvalue weighted by Crippen LogP contribution is 2.30. The van der Waals surface area contributed by atoms with Gasteiger partial charge in [0.05, 0.1) is 13.0 Å². The van der Waals surface area contributed by atoms with Crippen molar-refractivity contribution in [2.75, 3.05) is 11.9 Å².